The molecule has 1 heterocycles. The number of amides is 1. The minimum absolute atomic E-state index is 0.00387. The van der Waals surface area contributed by atoms with E-state index in [2.05, 4.69) is 27.1 Å². The van der Waals surface area contributed by atoms with Crippen LogP contribution in [0.5, 0.6) is 0 Å². The SMILES string of the molecule is CNS(=O)(=O)c1ccc(Cl)c(C(=O)NCc2ccc(CN3CCCC3)cc2)c1. The van der Waals surface area contributed by atoms with E-state index in [-0.39, 0.29) is 15.5 Å². The molecule has 1 aliphatic heterocycles. The third-order valence-corrected chi connectivity index (χ3v) is 6.58. The lowest BCUT2D eigenvalue weighted by atomic mass is 10.1. The van der Waals surface area contributed by atoms with Crippen LogP contribution in [0.2, 0.25) is 5.02 Å². The Morgan fingerprint density at radius 3 is 2.36 bits per heavy atom. The predicted octanol–water partition coefficient (Wildman–Crippen LogP) is 2.77. The van der Waals surface area contributed by atoms with Gasteiger partial charge in [-0.05, 0) is 62.3 Å². The number of nitrogens with one attached hydrogen (secondary N) is 2. The molecule has 28 heavy (non-hydrogen) atoms. The quantitative estimate of drug-likeness (QED) is 0.720. The van der Waals surface area contributed by atoms with E-state index in [0.29, 0.717) is 6.54 Å². The van der Waals surface area contributed by atoms with Crippen LogP contribution in [0, 0.1) is 0 Å². The second kappa shape index (κ2) is 9.05. The van der Waals surface area contributed by atoms with Crippen molar-refractivity contribution in [1.29, 1.82) is 0 Å². The third kappa shape index (κ3) is 5.11. The smallest absolute Gasteiger partial charge is 0.253 e. The maximum absolute atomic E-state index is 12.5. The minimum atomic E-state index is -3.65. The molecule has 0 aliphatic carbocycles. The van der Waals surface area contributed by atoms with Crippen molar-refractivity contribution in [2.75, 3.05) is 20.1 Å². The zero-order valence-corrected chi connectivity index (χ0v) is 17.3. The van der Waals surface area contributed by atoms with Crippen molar-refractivity contribution < 1.29 is 13.2 Å². The Morgan fingerprint density at radius 2 is 1.71 bits per heavy atom. The zero-order chi connectivity index (χ0) is 20.1. The summed E-state index contributed by atoms with van der Waals surface area (Å²) in [7, 11) is -2.33. The summed E-state index contributed by atoms with van der Waals surface area (Å²) in [4.78, 5) is 14.9. The molecule has 0 spiro atoms. The van der Waals surface area contributed by atoms with Crippen LogP contribution in [0.3, 0.4) is 0 Å². The van der Waals surface area contributed by atoms with Gasteiger partial charge in [0.2, 0.25) is 10.0 Å². The van der Waals surface area contributed by atoms with E-state index in [1.807, 2.05) is 12.1 Å². The maximum atomic E-state index is 12.5. The average molecular weight is 422 g/mol. The van der Waals surface area contributed by atoms with Crippen LogP contribution in [0.25, 0.3) is 0 Å². The van der Waals surface area contributed by atoms with Crippen LogP contribution in [-0.4, -0.2) is 39.4 Å². The van der Waals surface area contributed by atoms with Crippen LogP contribution >= 0.6 is 11.6 Å². The lowest BCUT2D eigenvalue weighted by Crippen LogP contribution is -2.24. The summed E-state index contributed by atoms with van der Waals surface area (Å²) < 4.78 is 26.1. The van der Waals surface area contributed by atoms with Gasteiger partial charge in [0, 0.05) is 13.1 Å². The van der Waals surface area contributed by atoms with Gasteiger partial charge in [-0.25, -0.2) is 13.1 Å². The molecule has 0 saturated carbocycles. The molecule has 0 atom stereocenters. The zero-order valence-electron chi connectivity index (χ0n) is 15.7. The second-order valence-electron chi connectivity index (χ2n) is 6.83. The van der Waals surface area contributed by atoms with Gasteiger partial charge in [0.1, 0.15) is 0 Å². The molecule has 2 N–H and O–H groups in total. The highest BCUT2D eigenvalue weighted by Crippen LogP contribution is 2.20. The Bertz CT molecular complexity index is 940. The monoisotopic (exact) mass is 421 g/mol. The fourth-order valence-corrected chi connectivity index (χ4v) is 4.16. The van der Waals surface area contributed by atoms with Crippen molar-refractivity contribution in [3.05, 3.63) is 64.2 Å². The highest BCUT2D eigenvalue weighted by Gasteiger charge is 2.17. The molecule has 1 saturated heterocycles. The summed E-state index contributed by atoms with van der Waals surface area (Å²) in [5, 5.41) is 3.00. The van der Waals surface area contributed by atoms with Gasteiger partial charge in [0.15, 0.2) is 0 Å². The molecule has 3 rings (SSSR count). The van der Waals surface area contributed by atoms with Gasteiger partial charge in [-0.2, -0.15) is 0 Å². The summed E-state index contributed by atoms with van der Waals surface area (Å²) in [6.45, 7) is 3.60. The van der Waals surface area contributed by atoms with Crippen molar-refractivity contribution in [1.82, 2.24) is 14.9 Å². The summed E-state index contributed by atoms with van der Waals surface area (Å²) in [5.74, 6) is -0.417. The number of sulfonamides is 1. The van der Waals surface area contributed by atoms with E-state index in [4.69, 9.17) is 11.6 Å². The Balaban J connectivity index is 1.63. The van der Waals surface area contributed by atoms with Gasteiger partial charge in [-0.3, -0.25) is 9.69 Å². The topological polar surface area (TPSA) is 78.5 Å². The molecule has 1 amide bonds. The lowest BCUT2D eigenvalue weighted by molar-refractivity contribution is 0.0951. The van der Waals surface area contributed by atoms with Gasteiger partial charge >= 0.3 is 0 Å². The number of hydrogen-bond acceptors (Lipinski definition) is 4. The molecule has 0 radical (unpaired) electrons. The van der Waals surface area contributed by atoms with Crippen LogP contribution in [0.15, 0.2) is 47.4 Å². The largest absolute Gasteiger partial charge is 0.348 e. The number of hydrogen-bond donors (Lipinski definition) is 2. The normalized spacial score (nSPS) is 14.9. The first-order valence-electron chi connectivity index (χ1n) is 9.20. The third-order valence-electron chi connectivity index (χ3n) is 4.84. The van der Waals surface area contributed by atoms with E-state index in [1.54, 1.807) is 0 Å². The molecular weight excluding hydrogens is 398 g/mol. The fraction of sp³-hybridized carbons (Fsp3) is 0.350. The molecule has 6 nitrogen and oxygen atoms in total. The molecular formula is C20H24ClN3O3S. The summed E-state index contributed by atoms with van der Waals surface area (Å²) >= 11 is 6.09. The Labute approximate surface area is 170 Å². The van der Waals surface area contributed by atoms with Crippen molar-refractivity contribution in [3.63, 3.8) is 0 Å². The Kier molecular flexibility index (Phi) is 6.72. The fourth-order valence-electron chi connectivity index (χ4n) is 3.20. The average Bonchev–Trinajstić information content (AvgIpc) is 3.20. The summed E-state index contributed by atoms with van der Waals surface area (Å²) in [5.41, 5.74) is 2.35. The standard InChI is InChI=1S/C20H24ClN3O3S/c1-22-28(26,27)17-8-9-19(21)18(12-17)20(25)23-13-15-4-6-16(7-5-15)14-24-10-2-3-11-24/h4-9,12,22H,2-3,10-11,13-14H2,1H3,(H,23,25). The lowest BCUT2D eigenvalue weighted by Gasteiger charge is -2.15. The van der Waals surface area contributed by atoms with Gasteiger partial charge < -0.3 is 5.32 Å². The maximum Gasteiger partial charge on any atom is 0.253 e. The first kappa shape index (κ1) is 20.8. The molecule has 1 fully saturated rings. The first-order valence-corrected chi connectivity index (χ1v) is 11.1. The van der Waals surface area contributed by atoms with Crippen LogP contribution < -0.4 is 10.0 Å². The number of carbonyl (C=O) groups is 1. The van der Waals surface area contributed by atoms with Crippen LogP contribution in [0.4, 0.5) is 0 Å². The number of rotatable bonds is 7. The second-order valence-corrected chi connectivity index (χ2v) is 9.13. The van der Waals surface area contributed by atoms with E-state index in [1.165, 1.54) is 43.7 Å². The molecule has 8 heteroatoms. The molecule has 1 aliphatic rings. The molecule has 0 unspecified atom stereocenters. The highest BCUT2D eigenvalue weighted by molar-refractivity contribution is 7.89. The van der Waals surface area contributed by atoms with E-state index in [0.717, 1.165) is 25.2 Å². The highest BCUT2D eigenvalue weighted by atomic mass is 35.5. The molecule has 0 aromatic heterocycles. The Hall–Kier alpha value is -1.93. The number of nitrogens with zero attached hydrogens (tertiary/aromatic N) is 1. The molecule has 2 aromatic carbocycles. The Morgan fingerprint density at radius 1 is 1.07 bits per heavy atom. The summed E-state index contributed by atoms with van der Waals surface area (Å²) in [6.07, 6.45) is 2.53. The number of carbonyl (C=O) groups excluding carboxylic acids is 1. The van der Waals surface area contributed by atoms with E-state index >= 15 is 0 Å². The molecule has 2 aromatic rings. The summed E-state index contributed by atoms with van der Waals surface area (Å²) in [6, 6.07) is 12.2. The van der Waals surface area contributed by atoms with Crippen LogP contribution in [-0.2, 0) is 23.1 Å². The van der Waals surface area contributed by atoms with Crippen molar-refractivity contribution >= 4 is 27.5 Å². The minimum Gasteiger partial charge on any atom is -0.348 e. The van der Waals surface area contributed by atoms with E-state index in [9.17, 15) is 13.2 Å². The van der Waals surface area contributed by atoms with Crippen molar-refractivity contribution in [2.24, 2.45) is 0 Å². The van der Waals surface area contributed by atoms with E-state index < -0.39 is 15.9 Å². The van der Waals surface area contributed by atoms with Gasteiger partial charge in [-0.15, -0.1) is 0 Å². The van der Waals surface area contributed by atoms with Gasteiger partial charge in [0.05, 0.1) is 15.5 Å². The van der Waals surface area contributed by atoms with Gasteiger partial charge in [-0.1, -0.05) is 35.9 Å². The first-order chi connectivity index (χ1) is 13.4. The molecule has 0 bridgehead atoms. The number of halogens is 1. The molecule has 150 valence electrons. The number of likely N-dealkylation sites (tertiary alicyclic amines) is 1. The van der Waals surface area contributed by atoms with Gasteiger partial charge in [0.25, 0.3) is 5.91 Å². The predicted molar refractivity (Wildman–Crippen MR) is 110 cm³/mol. The number of benzene rings is 2. The van der Waals surface area contributed by atoms with Crippen LogP contribution in [0.1, 0.15) is 34.3 Å². The van der Waals surface area contributed by atoms with Crippen molar-refractivity contribution in [2.45, 2.75) is 30.8 Å². The van der Waals surface area contributed by atoms with Crippen molar-refractivity contribution in [3.8, 4) is 0 Å².